The minimum absolute atomic E-state index is 0.00401. The molecule has 1 aromatic carbocycles. The van der Waals surface area contributed by atoms with E-state index in [-0.39, 0.29) is 17.5 Å². The highest BCUT2D eigenvalue weighted by atomic mass is 19.3. The second kappa shape index (κ2) is 7.78. The van der Waals surface area contributed by atoms with E-state index in [1.165, 1.54) is 26.4 Å². The highest BCUT2D eigenvalue weighted by Crippen LogP contribution is 2.32. The van der Waals surface area contributed by atoms with Crippen molar-refractivity contribution in [2.45, 2.75) is 32.5 Å². The lowest BCUT2D eigenvalue weighted by Crippen LogP contribution is -2.34. The highest BCUT2D eigenvalue weighted by Gasteiger charge is 2.24. The summed E-state index contributed by atoms with van der Waals surface area (Å²) in [5.41, 5.74) is 0.451. The first-order valence-corrected chi connectivity index (χ1v) is 6.35. The molecule has 1 rings (SSSR count). The van der Waals surface area contributed by atoms with Crippen LogP contribution >= 0.6 is 0 Å². The molecule has 0 saturated carbocycles. The van der Waals surface area contributed by atoms with Crippen molar-refractivity contribution in [2.24, 2.45) is 0 Å². The Kier molecular flexibility index (Phi) is 6.36. The van der Waals surface area contributed by atoms with Crippen molar-refractivity contribution in [1.82, 2.24) is 5.32 Å². The van der Waals surface area contributed by atoms with Gasteiger partial charge in [-0.2, -0.15) is 8.78 Å². The van der Waals surface area contributed by atoms with Gasteiger partial charge in [0.1, 0.15) is 6.04 Å². The van der Waals surface area contributed by atoms with Gasteiger partial charge in [-0.15, -0.1) is 0 Å². The number of alkyl halides is 2. The number of rotatable bonds is 7. The van der Waals surface area contributed by atoms with Crippen molar-refractivity contribution in [3.63, 3.8) is 0 Å². The number of benzene rings is 1. The lowest BCUT2D eigenvalue weighted by molar-refractivity contribution is -0.143. The molecule has 0 spiro atoms. The Bertz CT molecular complexity index is 480. The zero-order valence-corrected chi connectivity index (χ0v) is 12.4. The molecule has 0 bridgehead atoms. The average molecular weight is 303 g/mol. The molecule has 1 aromatic rings. The summed E-state index contributed by atoms with van der Waals surface area (Å²) in [6, 6.07) is 3.61. The molecule has 1 unspecified atom stereocenters. The number of carbonyl (C=O) groups is 1. The second-order valence-corrected chi connectivity index (χ2v) is 4.57. The van der Waals surface area contributed by atoms with Crippen LogP contribution in [-0.4, -0.2) is 32.8 Å². The monoisotopic (exact) mass is 303 g/mol. The summed E-state index contributed by atoms with van der Waals surface area (Å²) in [5.74, 6) is -0.492. The minimum atomic E-state index is -2.98. The van der Waals surface area contributed by atoms with Crippen LogP contribution < -0.4 is 14.8 Å². The van der Waals surface area contributed by atoms with Gasteiger partial charge in [-0.25, -0.2) is 4.79 Å². The van der Waals surface area contributed by atoms with E-state index in [1.54, 1.807) is 6.07 Å². The van der Waals surface area contributed by atoms with Gasteiger partial charge in [0, 0.05) is 6.04 Å². The third kappa shape index (κ3) is 4.86. The van der Waals surface area contributed by atoms with E-state index < -0.39 is 18.6 Å². The van der Waals surface area contributed by atoms with E-state index in [4.69, 9.17) is 9.47 Å². The maximum atomic E-state index is 12.4. The molecule has 21 heavy (non-hydrogen) atoms. The number of hydrogen-bond donors (Lipinski definition) is 1. The van der Waals surface area contributed by atoms with Gasteiger partial charge in [-0.1, -0.05) is 6.07 Å². The fourth-order valence-electron chi connectivity index (χ4n) is 1.81. The molecule has 0 radical (unpaired) electrons. The van der Waals surface area contributed by atoms with Crippen LogP contribution in [0.5, 0.6) is 11.5 Å². The minimum Gasteiger partial charge on any atom is -0.493 e. The van der Waals surface area contributed by atoms with Crippen molar-refractivity contribution in [3.05, 3.63) is 23.8 Å². The van der Waals surface area contributed by atoms with Crippen LogP contribution in [0.3, 0.4) is 0 Å². The molecule has 5 nitrogen and oxygen atoms in total. The van der Waals surface area contributed by atoms with E-state index in [2.05, 4.69) is 10.1 Å². The normalized spacial score (nSPS) is 12.4. The van der Waals surface area contributed by atoms with E-state index >= 15 is 0 Å². The molecule has 0 saturated heterocycles. The Morgan fingerprint density at radius 3 is 2.33 bits per heavy atom. The first kappa shape index (κ1) is 17.2. The summed E-state index contributed by atoms with van der Waals surface area (Å²) >= 11 is 0. The predicted octanol–water partition coefficient (Wildman–Crippen LogP) is 2.51. The maximum Gasteiger partial charge on any atom is 0.387 e. The second-order valence-electron chi connectivity index (χ2n) is 4.57. The number of methoxy groups -OCH3 is 2. The number of esters is 1. The van der Waals surface area contributed by atoms with Crippen molar-refractivity contribution in [3.8, 4) is 11.5 Å². The quantitative estimate of drug-likeness (QED) is 0.784. The Hall–Kier alpha value is -1.89. The zero-order valence-electron chi connectivity index (χ0n) is 12.4. The average Bonchev–Trinajstić information content (AvgIpc) is 2.43. The fourth-order valence-corrected chi connectivity index (χ4v) is 1.81. The van der Waals surface area contributed by atoms with Crippen LogP contribution in [0.25, 0.3) is 0 Å². The van der Waals surface area contributed by atoms with Crippen LogP contribution in [-0.2, 0) is 9.53 Å². The molecule has 118 valence electrons. The third-order valence-corrected chi connectivity index (χ3v) is 2.67. The van der Waals surface area contributed by atoms with Gasteiger partial charge < -0.3 is 14.2 Å². The fraction of sp³-hybridized carbons (Fsp3) is 0.500. The molecule has 0 amide bonds. The van der Waals surface area contributed by atoms with E-state index in [9.17, 15) is 13.6 Å². The molecule has 0 heterocycles. The zero-order chi connectivity index (χ0) is 16.0. The summed E-state index contributed by atoms with van der Waals surface area (Å²) in [7, 11) is 2.61. The van der Waals surface area contributed by atoms with Gasteiger partial charge in [-0.3, -0.25) is 5.32 Å². The van der Waals surface area contributed by atoms with E-state index in [0.717, 1.165) is 0 Å². The molecule has 1 N–H and O–H groups in total. The molecule has 0 aliphatic heterocycles. The number of ether oxygens (including phenoxy) is 3. The number of hydrogen-bond acceptors (Lipinski definition) is 5. The van der Waals surface area contributed by atoms with Crippen LogP contribution in [0, 0.1) is 0 Å². The number of carbonyl (C=O) groups excluding carboxylic acids is 1. The topological polar surface area (TPSA) is 56.8 Å². The Balaban J connectivity index is 3.16. The largest absolute Gasteiger partial charge is 0.493 e. The Morgan fingerprint density at radius 1 is 1.19 bits per heavy atom. The summed E-state index contributed by atoms with van der Waals surface area (Å²) in [5, 5.41) is 3.01. The van der Waals surface area contributed by atoms with Gasteiger partial charge >= 0.3 is 12.6 Å². The third-order valence-electron chi connectivity index (χ3n) is 2.67. The van der Waals surface area contributed by atoms with Gasteiger partial charge in [0.2, 0.25) is 0 Å². The van der Waals surface area contributed by atoms with Crippen LogP contribution in [0.2, 0.25) is 0 Å². The molecular weight excluding hydrogens is 284 g/mol. The SMILES string of the molecule is COC(=O)C(NC(C)C)c1ccc(OC)c(OC(F)F)c1. The van der Waals surface area contributed by atoms with E-state index in [0.29, 0.717) is 5.56 Å². The Labute approximate surface area is 122 Å². The van der Waals surface area contributed by atoms with Crippen LogP contribution in [0.15, 0.2) is 18.2 Å². The summed E-state index contributed by atoms with van der Waals surface area (Å²) in [4.78, 5) is 11.8. The van der Waals surface area contributed by atoms with Gasteiger partial charge in [0.15, 0.2) is 11.5 Å². The van der Waals surface area contributed by atoms with Crippen molar-refractivity contribution in [1.29, 1.82) is 0 Å². The number of halogens is 2. The van der Waals surface area contributed by atoms with Gasteiger partial charge in [0.05, 0.1) is 14.2 Å². The highest BCUT2D eigenvalue weighted by molar-refractivity contribution is 5.78. The summed E-state index contributed by atoms with van der Waals surface area (Å²) in [6.45, 7) is 0.732. The molecular formula is C14H19F2NO4. The lowest BCUT2D eigenvalue weighted by Gasteiger charge is -2.20. The van der Waals surface area contributed by atoms with Crippen molar-refractivity contribution in [2.75, 3.05) is 14.2 Å². The lowest BCUT2D eigenvalue weighted by atomic mass is 10.1. The molecule has 0 fully saturated rings. The molecule has 0 aliphatic carbocycles. The standard InChI is InChI=1S/C14H19F2NO4/c1-8(2)17-12(13(18)20-4)9-5-6-10(19-3)11(7-9)21-14(15)16/h5-8,12,14,17H,1-4H3. The molecule has 7 heteroatoms. The maximum absolute atomic E-state index is 12.4. The van der Waals surface area contributed by atoms with Crippen LogP contribution in [0.1, 0.15) is 25.5 Å². The first-order valence-electron chi connectivity index (χ1n) is 6.35. The summed E-state index contributed by atoms with van der Waals surface area (Å²) < 4.78 is 38.9. The predicted molar refractivity (Wildman–Crippen MR) is 72.7 cm³/mol. The van der Waals surface area contributed by atoms with Gasteiger partial charge in [0.25, 0.3) is 0 Å². The van der Waals surface area contributed by atoms with Gasteiger partial charge in [-0.05, 0) is 31.5 Å². The van der Waals surface area contributed by atoms with Crippen molar-refractivity contribution < 1.29 is 27.8 Å². The summed E-state index contributed by atoms with van der Waals surface area (Å²) in [6.07, 6.45) is 0. The molecule has 0 aliphatic rings. The van der Waals surface area contributed by atoms with E-state index in [1.807, 2.05) is 13.8 Å². The Morgan fingerprint density at radius 2 is 1.86 bits per heavy atom. The van der Waals surface area contributed by atoms with Crippen LogP contribution in [0.4, 0.5) is 8.78 Å². The first-order chi connectivity index (χ1) is 9.88. The molecule has 1 atom stereocenters. The molecule has 0 aromatic heterocycles. The van der Waals surface area contributed by atoms with Crippen molar-refractivity contribution >= 4 is 5.97 Å². The number of nitrogens with one attached hydrogen (secondary N) is 1. The smallest absolute Gasteiger partial charge is 0.387 e.